The molecule has 4 aromatic heterocycles. The standard InChI is InChI=1S/C28H29N7O/c1-2-6-26(36)31-20-13-19(16-29-17-20)18-7-8-23-21(14-18)27(34-33-23)24-15-22-25(9-10-30-28(22)32-24)35-11-4-3-5-12-35/h7-10,13-17H,2-6,11-12H2,1H3,(H,30,32)(H,31,36)(H,33,34). The first kappa shape index (κ1) is 22.3. The van der Waals surface area contributed by atoms with Crippen molar-refractivity contribution < 1.29 is 4.79 Å². The molecule has 0 atom stereocenters. The van der Waals surface area contributed by atoms with Gasteiger partial charge in [0.05, 0.1) is 23.1 Å². The maximum atomic E-state index is 12.0. The molecule has 0 spiro atoms. The molecule has 1 aliphatic rings. The first-order valence-corrected chi connectivity index (χ1v) is 12.7. The molecule has 8 heteroatoms. The highest BCUT2D eigenvalue weighted by molar-refractivity contribution is 6.00. The minimum Gasteiger partial charge on any atom is -0.371 e. The Labute approximate surface area is 209 Å². The largest absolute Gasteiger partial charge is 0.371 e. The Morgan fingerprint density at radius 2 is 1.92 bits per heavy atom. The molecule has 1 amide bonds. The molecule has 0 unspecified atom stereocenters. The summed E-state index contributed by atoms with van der Waals surface area (Å²) in [5, 5.41) is 12.9. The van der Waals surface area contributed by atoms with Crippen LogP contribution in [0.25, 0.3) is 44.5 Å². The first-order chi connectivity index (χ1) is 17.7. The Hall–Kier alpha value is -4.20. The van der Waals surface area contributed by atoms with Crippen LogP contribution in [0.4, 0.5) is 11.4 Å². The summed E-state index contributed by atoms with van der Waals surface area (Å²) < 4.78 is 0. The van der Waals surface area contributed by atoms with Gasteiger partial charge < -0.3 is 15.2 Å². The van der Waals surface area contributed by atoms with E-state index in [2.05, 4.69) is 53.6 Å². The van der Waals surface area contributed by atoms with Crippen molar-refractivity contribution in [3.63, 3.8) is 0 Å². The van der Waals surface area contributed by atoms with Crippen LogP contribution in [0.3, 0.4) is 0 Å². The lowest BCUT2D eigenvalue weighted by molar-refractivity contribution is -0.116. The van der Waals surface area contributed by atoms with E-state index in [9.17, 15) is 4.79 Å². The number of piperidine rings is 1. The second-order valence-corrected chi connectivity index (χ2v) is 9.42. The van der Waals surface area contributed by atoms with Crippen LogP contribution in [0, 0.1) is 0 Å². The molecule has 5 aromatic rings. The summed E-state index contributed by atoms with van der Waals surface area (Å²) in [6.07, 6.45) is 10.4. The van der Waals surface area contributed by atoms with E-state index < -0.39 is 0 Å². The molecule has 0 radical (unpaired) electrons. The van der Waals surface area contributed by atoms with Gasteiger partial charge in [0.1, 0.15) is 11.3 Å². The van der Waals surface area contributed by atoms with Gasteiger partial charge in [-0.25, -0.2) is 4.98 Å². The third kappa shape index (κ3) is 4.19. The maximum absolute atomic E-state index is 12.0. The zero-order chi connectivity index (χ0) is 24.5. The second-order valence-electron chi connectivity index (χ2n) is 9.42. The van der Waals surface area contributed by atoms with Crippen molar-refractivity contribution in [2.45, 2.75) is 39.0 Å². The predicted molar refractivity (Wildman–Crippen MR) is 144 cm³/mol. The fourth-order valence-corrected chi connectivity index (χ4v) is 5.07. The number of fused-ring (bicyclic) bond motifs is 2. The normalized spacial score (nSPS) is 14.0. The third-order valence-electron chi connectivity index (χ3n) is 6.86. The smallest absolute Gasteiger partial charge is 0.224 e. The van der Waals surface area contributed by atoms with E-state index in [4.69, 9.17) is 0 Å². The molecule has 36 heavy (non-hydrogen) atoms. The summed E-state index contributed by atoms with van der Waals surface area (Å²) in [7, 11) is 0. The number of carbonyl (C=O) groups is 1. The minimum absolute atomic E-state index is 0.000339. The third-order valence-corrected chi connectivity index (χ3v) is 6.86. The summed E-state index contributed by atoms with van der Waals surface area (Å²) in [6.45, 7) is 4.16. The van der Waals surface area contributed by atoms with Gasteiger partial charge in [-0.15, -0.1) is 0 Å². The van der Waals surface area contributed by atoms with Gasteiger partial charge in [-0.05, 0) is 61.6 Å². The van der Waals surface area contributed by atoms with E-state index in [0.717, 1.165) is 64.0 Å². The van der Waals surface area contributed by atoms with Crippen LogP contribution in [-0.2, 0) is 4.79 Å². The Bertz CT molecular complexity index is 1540. The van der Waals surface area contributed by atoms with Gasteiger partial charge in [-0.1, -0.05) is 13.0 Å². The SMILES string of the molecule is CCCC(=O)Nc1cncc(-c2ccc3[nH]nc(-c4cc5c(N6CCCCC6)ccnc5[nH]4)c3c2)c1. The fourth-order valence-electron chi connectivity index (χ4n) is 5.07. The average molecular weight is 480 g/mol. The summed E-state index contributed by atoms with van der Waals surface area (Å²) in [5.74, 6) is 0.000339. The van der Waals surface area contributed by atoms with Gasteiger partial charge in [-0.2, -0.15) is 5.10 Å². The number of aromatic nitrogens is 5. The Balaban J connectivity index is 1.37. The van der Waals surface area contributed by atoms with E-state index in [0.29, 0.717) is 12.1 Å². The summed E-state index contributed by atoms with van der Waals surface area (Å²) >= 11 is 0. The first-order valence-electron chi connectivity index (χ1n) is 12.7. The number of anilines is 2. The number of hydrogen-bond donors (Lipinski definition) is 3. The number of nitrogens with zero attached hydrogens (tertiary/aromatic N) is 4. The number of pyridine rings is 2. The number of carbonyl (C=O) groups excluding carboxylic acids is 1. The molecule has 1 aliphatic heterocycles. The van der Waals surface area contributed by atoms with Crippen LogP contribution in [0.15, 0.2) is 55.0 Å². The molecule has 1 saturated heterocycles. The number of hydrogen-bond acceptors (Lipinski definition) is 5. The molecule has 182 valence electrons. The van der Waals surface area contributed by atoms with E-state index in [1.807, 2.05) is 37.5 Å². The minimum atomic E-state index is 0.000339. The molecular formula is C28H29N7O. The monoisotopic (exact) mass is 479 g/mol. The summed E-state index contributed by atoms with van der Waals surface area (Å²) in [5.41, 5.74) is 7.49. The molecule has 5 heterocycles. The molecule has 0 aliphatic carbocycles. The fraction of sp³-hybridized carbons (Fsp3) is 0.286. The quantitative estimate of drug-likeness (QED) is 0.281. The number of aromatic amines is 2. The van der Waals surface area contributed by atoms with Crippen LogP contribution in [0.1, 0.15) is 39.0 Å². The van der Waals surface area contributed by atoms with Crippen molar-refractivity contribution in [3.05, 3.63) is 55.0 Å². The molecule has 1 aromatic carbocycles. The number of benzene rings is 1. The molecule has 8 nitrogen and oxygen atoms in total. The summed E-state index contributed by atoms with van der Waals surface area (Å²) in [6, 6.07) is 12.4. The maximum Gasteiger partial charge on any atom is 0.224 e. The van der Waals surface area contributed by atoms with Gasteiger partial charge in [0, 0.05) is 53.9 Å². The Morgan fingerprint density at radius 1 is 1.03 bits per heavy atom. The molecule has 0 saturated carbocycles. The lowest BCUT2D eigenvalue weighted by atomic mass is 10.0. The van der Waals surface area contributed by atoms with E-state index in [1.54, 1.807) is 6.20 Å². The van der Waals surface area contributed by atoms with Crippen LogP contribution in [-0.4, -0.2) is 44.1 Å². The average Bonchev–Trinajstić information content (AvgIpc) is 3.53. The number of rotatable bonds is 6. The zero-order valence-corrected chi connectivity index (χ0v) is 20.3. The van der Waals surface area contributed by atoms with Gasteiger partial charge >= 0.3 is 0 Å². The lowest BCUT2D eigenvalue weighted by Gasteiger charge is -2.29. The Kier molecular flexibility index (Phi) is 5.85. The van der Waals surface area contributed by atoms with Crippen LogP contribution in [0.2, 0.25) is 0 Å². The van der Waals surface area contributed by atoms with Crippen LogP contribution < -0.4 is 10.2 Å². The highest BCUT2D eigenvalue weighted by Gasteiger charge is 2.18. The molecule has 6 rings (SSSR count). The van der Waals surface area contributed by atoms with Crippen molar-refractivity contribution >= 4 is 39.2 Å². The number of H-pyrrole nitrogens is 2. The van der Waals surface area contributed by atoms with Gasteiger partial charge in [0.25, 0.3) is 0 Å². The molecule has 0 bridgehead atoms. The van der Waals surface area contributed by atoms with Crippen molar-refractivity contribution in [2.75, 3.05) is 23.3 Å². The number of amides is 1. The molecule has 1 fully saturated rings. The van der Waals surface area contributed by atoms with Crippen LogP contribution in [0.5, 0.6) is 0 Å². The highest BCUT2D eigenvalue weighted by Crippen LogP contribution is 2.35. The topological polar surface area (TPSA) is 103 Å². The highest BCUT2D eigenvalue weighted by atomic mass is 16.1. The van der Waals surface area contributed by atoms with E-state index >= 15 is 0 Å². The number of nitrogens with one attached hydrogen (secondary N) is 3. The Morgan fingerprint density at radius 3 is 2.78 bits per heavy atom. The second kappa shape index (κ2) is 9.45. The van der Waals surface area contributed by atoms with E-state index in [-0.39, 0.29) is 5.91 Å². The summed E-state index contributed by atoms with van der Waals surface area (Å²) in [4.78, 5) is 26.9. The van der Waals surface area contributed by atoms with Crippen molar-refractivity contribution in [3.8, 4) is 22.5 Å². The van der Waals surface area contributed by atoms with Gasteiger partial charge in [-0.3, -0.25) is 14.9 Å². The molecule has 3 N–H and O–H groups in total. The zero-order valence-electron chi connectivity index (χ0n) is 20.3. The molecular weight excluding hydrogens is 450 g/mol. The van der Waals surface area contributed by atoms with Gasteiger partial charge in [0.2, 0.25) is 5.91 Å². The van der Waals surface area contributed by atoms with Crippen LogP contribution >= 0.6 is 0 Å². The predicted octanol–water partition coefficient (Wildman–Crippen LogP) is 5.90. The lowest BCUT2D eigenvalue weighted by Crippen LogP contribution is -2.29. The van der Waals surface area contributed by atoms with Gasteiger partial charge in [0.15, 0.2) is 0 Å². The van der Waals surface area contributed by atoms with Crippen molar-refractivity contribution in [2.24, 2.45) is 0 Å². The van der Waals surface area contributed by atoms with Crippen molar-refractivity contribution in [1.82, 2.24) is 25.1 Å². The van der Waals surface area contributed by atoms with E-state index in [1.165, 1.54) is 24.9 Å². The van der Waals surface area contributed by atoms with Crippen molar-refractivity contribution in [1.29, 1.82) is 0 Å².